The van der Waals surface area contributed by atoms with E-state index in [2.05, 4.69) is 15.3 Å². The average Bonchev–Trinajstić information content (AvgIpc) is 2.04. The zero-order chi connectivity index (χ0) is 9.84. The Bertz CT molecular complexity index is 309. The molecule has 0 aliphatic carbocycles. The second-order valence-corrected chi connectivity index (χ2v) is 3.17. The maximum Gasteiger partial charge on any atom is 0.229 e. The van der Waals surface area contributed by atoms with Crippen molar-refractivity contribution in [3.05, 3.63) is 18.0 Å². The molecule has 0 aromatic carbocycles. The first-order valence-corrected chi connectivity index (χ1v) is 4.20. The van der Waals surface area contributed by atoms with Crippen LogP contribution in [0.1, 0.15) is 19.5 Å². The van der Waals surface area contributed by atoms with Crippen molar-refractivity contribution in [2.45, 2.75) is 20.8 Å². The van der Waals surface area contributed by atoms with E-state index in [1.807, 2.05) is 20.8 Å². The van der Waals surface area contributed by atoms with E-state index >= 15 is 0 Å². The average molecular weight is 179 g/mol. The molecule has 4 heteroatoms. The minimum absolute atomic E-state index is 0.0517. The SMILES string of the molecule is Cc1ccnc(NC(=O)C(C)C)n1. The molecule has 1 amide bonds. The van der Waals surface area contributed by atoms with Crippen LogP contribution in [-0.4, -0.2) is 15.9 Å². The summed E-state index contributed by atoms with van der Waals surface area (Å²) in [6.07, 6.45) is 1.62. The van der Waals surface area contributed by atoms with Gasteiger partial charge in [0.15, 0.2) is 0 Å². The molecule has 0 spiro atoms. The normalized spacial score (nSPS) is 10.2. The highest BCUT2D eigenvalue weighted by Crippen LogP contribution is 2.01. The van der Waals surface area contributed by atoms with Gasteiger partial charge in [-0.15, -0.1) is 0 Å². The molecule has 70 valence electrons. The first kappa shape index (κ1) is 9.64. The van der Waals surface area contributed by atoms with E-state index in [0.29, 0.717) is 5.95 Å². The van der Waals surface area contributed by atoms with Crippen molar-refractivity contribution < 1.29 is 4.79 Å². The number of hydrogen-bond acceptors (Lipinski definition) is 3. The number of anilines is 1. The minimum atomic E-state index is -0.0643. The molecular weight excluding hydrogens is 166 g/mol. The van der Waals surface area contributed by atoms with Crippen molar-refractivity contribution in [3.8, 4) is 0 Å². The lowest BCUT2D eigenvalue weighted by molar-refractivity contribution is -0.118. The van der Waals surface area contributed by atoms with Crippen LogP contribution in [0.15, 0.2) is 12.3 Å². The molecule has 0 saturated heterocycles. The van der Waals surface area contributed by atoms with Crippen LogP contribution >= 0.6 is 0 Å². The van der Waals surface area contributed by atoms with Crippen LogP contribution in [0.25, 0.3) is 0 Å². The Hall–Kier alpha value is -1.45. The quantitative estimate of drug-likeness (QED) is 0.746. The Morgan fingerprint density at radius 2 is 2.23 bits per heavy atom. The lowest BCUT2D eigenvalue weighted by Gasteiger charge is -2.05. The molecule has 0 radical (unpaired) electrons. The van der Waals surface area contributed by atoms with Gasteiger partial charge in [-0.05, 0) is 13.0 Å². The highest BCUT2D eigenvalue weighted by molar-refractivity contribution is 5.90. The van der Waals surface area contributed by atoms with Crippen LogP contribution < -0.4 is 5.32 Å². The van der Waals surface area contributed by atoms with Crippen LogP contribution in [0.3, 0.4) is 0 Å². The summed E-state index contributed by atoms with van der Waals surface area (Å²) >= 11 is 0. The van der Waals surface area contributed by atoms with E-state index in [-0.39, 0.29) is 11.8 Å². The molecule has 0 atom stereocenters. The summed E-state index contributed by atoms with van der Waals surface area (Å²) in [6.45, 7) is 5.50. The molecule has 0 aliphatic rings. The third kappa shape index (κ3) is 2.82. The molecular formula is C9H13N3O. The molecule has 13 heavy (non-hydrogen) atoms. The standard InChI is InChI=1S/C9H13N3O/c1-6(2)8(13)12-9-10-5-4-7(3)11-9/h4-6H,1-3H3,(H,10,11,12,13). The van der Waals surface area contributed by atoms with Crippen LogP contribution in [0.4, 0.5) is 5.95 Å². The summed E-state index contributed by atoms with van der Waals surface area (Å²) in [6, 6.07) is 1.78. The fourth-order valence-electron chi connectivity index (χ4n) is 0.764. The summed E-state index contributed by atoms with van der Waals surface area (Å²) in [5.41, 5.74) is 0.842. The number of aromatic nitrogens is 2. The maximum absolute atomic E-state index is 11.2. The predicted molar refractivity (Wildman–Crippen MR) is 50.2 cm³/mol. The van der Waals surface area contributed by atoms with Crippen molar-refractivity contribution in [3.63, 3.8) is 0 Å². The lowest BCUT2D eigenvalue weighted by atomic mass is 10.2. The molecule has 1 rings (SSSR count). The molecule has 1 aromatic heterocycles. The van der Waals surface area contributed by atoms with Gasteiger partial charge in [-0.3, -0.25) is 10.1 Å². The Labute approximate surface area is 77.4 Å². The van der Waals surface area contributed by atoms with Gasteiger partial charge in [0.25, 0.3) is 0 Å². The lowest BCUT2D eigenvalue weighted by Crippen LogP contribution is -2.19. The van der Waals surface area contributed by atoms with Gasteiger partial charge in [-0.1, -0.05) is 13.8 Å². The van der Waals surface area contributed by atoms with Gasteiger partial charge < -0.3 is 0 Å². The number of carbonyl (C=O) groups is 1. The van der Waals surface area contributed by atoms with Crippen molar-refractivity contribution in [1.82, 2.24) is 9.97 Å². The van der Waals surface area contributed by atoms with Crippen molar-refractivity contribution in [1.29, 1.82) is 0 Å². The first-order chi connectivity index (χ1) is 6.09. The van der Waals surface area contributed by atoms with Gasteiger partial charge in [-0.25, -0.2) is 9.97 Å². The Morgan fingerprint density at radius 1 is 1.54 bits per heavy atom. The first-order valence-electron chi connectivity index (χ1n) is 4.20. The molecule has 1 heterocycles. The third-order valence-corrected chi connectivity index (χ3v) is 1.55. The predicted octanol–water partition coefficient (Wildman–Crippen LogP) is 1.38. The zero-order valence-electron chi connectivity index (χ0n) is 8.03. The minimum Gasteiger partial charge on any atom is -0.294 e. The van der Waals surface area contributed by atoms with Crippen molar-refractivity contribution in [2.75, 3.05) is 5.32 Å². The number of nitrogens with zero attached hydrogens (tertiary/aromatic N) is 2. The van der Waals surface area contributed by atoms with E-state index in [0.717, 1.165) is 5.69 Å². The van der Waals surface area contributed by atoms with E-state index < -0.39 is 0 Å². The van der Waals surface area contributed by atoms with Crippen molar-refractivity contribution >= 4 is 11.9 Å². The smallest absolute Gasteiger partial charge is 0.229 e. The largest absolute Gasteiger partial charge is 0.294 e. The second kappa shape index (κ2) is 3.98. The van der Waals surface area contributed by atoms with E-state index in [1.165, 1.54) is 0 Å². The summed E-state index contributed by atoms with van der Waals surface area (Å²) in [7, 11) is 0. The van der Waals surface area contributed by atoms with Gasteiger partial charge in [0.1, 0.15) is 0 Å². The molecule has 0 unspecified atom stereocenters. The summed E-state index contributed by atoms with van der Waals surface area (Å²) in [5, 5.41) is 2.62. The van der Waals surface area contributed by atoms with Gasteiger partial charge >= 0.3 is 0 Å². The number of rotatable bonds is 2. The third-order valence-electron chi connectivity index (χ3n) is 1.55. The van der Waals surface area contributed by atoms with Gasteiger partial charge in [0.05, 0.1) is 0 Å². The highest BCUT2D eigenvalue weighted by atomic mass is 16.1. The van der Waals surface area contributed by atoms with Crippen LogP contribution in [0.2, 0.25) is 0 Å². The number of aryl methyl sites for hydroxylation is 1. The summed E-state index contributed by atoms with van der Waals surface area (Å²) in [5.74, 6) is 0.258. The van der Waals surface area contributed by atoms with Gasteiger partial charge in [0, 0.05) is 17.8 Å². The van der Waals surface area contributed by atoms with E-state index in [4.69, 9.17) is 0 Å². The Morgan fingerprint density at radius 3 is 2.77 bits per heavy atom. The van der Waals surface area contributed by atoms with Gasteiger partial charge in [-0.2, -0.15) is 0 Å². The highest BCUT2D eigenvalue weighted by Gasteiger charge is 2.07. The number of nitrogens with one attached hydrogen (secondary N) is 1. The van der Waals surface area contributed by atoms with Crippen LogP contribution in [0, 0.1) is 12.8 Å². The topological polar surface area (TPSA) is 54.9 Å². The summed E-state index contributed by atoms with van der Waals surface area (Å²) < 4.78 is 0. The molecule has 4 nitrogen and oxygen atoms in total. The zero-order valence-corrected chi connectivity index (χ0v) is 8.03. The fourth-order valence-corrected chi connectivity index (χ4v) is 0.764. The monoisotopic (exact) mass is 179 g/mol. The molecule has 0 aliphatic heterocycles. The molecule has 1 N–H and O–H groups in total. The van der Waals surface area contributed by atoms with E-state index in [9.17, 15) is 4.79 Å². The van der Waals surface area contributed by atoms with Crippen molar-refractivity contribution in [2.24, 2.45) is 5.92 Å². The maximum atomic E-state index is 11.2. The molecule has 0 fully saturated rings. The Balaban J connectivity index is 2.69. The number of hydrogen-bond donors (Lipinski definition) is 1. The summed E-state index contributed by atoms with van der Waals surface area (Å²) in [4.78, 5) is 19.2. The van der Waals surface area contributed by atoms with Crippen LogP contribution in [0.5, 0.6) is 0 Å². The molecule has 0 saturated carbocycles. The number of carbonyl (C=O) groups excluding carboxylic acids is 1. The fraction of sp³-hybridized carbons (Fsp3) is 0.444. The van der Waals surface area contributed by atoms with E-state index in [1.54, 1.807) is 12.3 Å². The van der Waals surface area contributed by atoms with Crippen LogP contribution in [-0.2, 0) is 4.79 Å². The molecule has 0 bridgehead atoms. The van der Waals surface area contributed by atoms with Gasteiger partial charge in [0.2, 0.25) is 11.9 Å². The number of amides is 1. The Kier molecular flexibility index (Phi) is 2.95. The second-order valence-electron chi connectivity index (χ2n) is 3.17. The molecule has 1 aromatic rings.